The Bertz CT molecular complexity index is 3800. The van der Waals surface area contributed by atoms with E-state index in [1.165, 1.54) is 87.6 Å². The summed E-state index contributed by atoms with van der Waals surface area (Å²) in [6.45, 7) is 5.11. The van der Waals surface area contributed by atoms with E-state index in [-0.39, 0.29) is 0 Å². The summed E-state index contributed by atoms with van der Waals surface area (Å²) in [4.78, 5) is 4.98. The third-order valence-electron chi connectivity index (χ3n) is 16.1. The molecule has 14 rings (SSSR count). The highest BCUT2D eigenvalue weighted by Gasteiger charge is 2.58. The van der Waals surface area contributed by atoms with E-state index in [0.29, 0.717) is 0 Å². The fourth-order valence-corrected chi connectivity index (χ4v) is 12.7. The number of hydrogen-bond acceptors (Lipinski definition) is 2. The number of benzene rings is 12. The van der Waals surface area contributed by atoms with Gasteiger partial charge in [0.1, 0.15) is 0 Å². The fourth-order valence-electron chi connectivity index (χ4n) is 12.7. The van der Waals surface area contributed by atoms with Crippen LogP contribution in [0.3, 0.4) is 0 Å². The first-order valence-electron chi connectivity index (χ1n) is 24.5. The molecule has 2 aliphatic carbocycles. The van der Waals surface area contributed by atoms with Gasteiger partial charge in [0.25, 0.3) is 0 Å². The molecule has 0 spiro atoms. The smallest absolute Gasteiger partial charge is 0.0543 e. The zero-order chi connectivity index (χ0) is 46.6. The van der Waals surface area contributed by atoms with Gasteiger partial charge in [0.15, 0.2) is 0 Å². The van der Waals surface area contributed by atoms with Gasteiger partial charge in [-0.2, -0.15) is 0 Å². The Morgan fingerprint density at radius 2 is 0.600 bits per heavy atom. The third kappa shape index (κ3) is 5.68. The highest BCUT2D eigenvalue weighted by Crippen LogP contribution is 2.68. The van der Waals surface area contributed by atoms with Gasteiger partial charge in [-0.25, -0.2) is 0 Å². The lowest BCUT2D eigenvalue weighted by atomic mass is 9.56. The maximum Gasteiger partial charge on any atom is 0.0543 e. The van der Waals surface area contributed by atoms with E-state index in [4.69, 9.17) is 0 Å². The van der Waals surface area contributed by atoms with Crippen molar-refractivity contribution in [2.75, 3.05) is 9.80 Å². The lowest BCUT2D eigenvalue weighted by Gasteiger charge is -2.46. The molecule has 0 radical (unpaired) electrons. The highest BCUT2D eigenvalue weighted by molar-refractivity contribution is 6.13. The van der Waals surface area contributed by atoms with E-state index in [0.717, 1.165) is 34.1 Å². The summed E-state index contributed by atoms with van der Waals surface area (Å²) in [7, 11) is 0. The second-order valence-electron chi connectivity index (χ2n) is 19.5. The Kier molecular flexibility index (Phi) is 8.88. The molecule has 2 atom stereocenters. The molecule has 0 bridgehead atoms. The van der Waals surface area contributed by atoms with Gasteiger partial charge in [0.2, 0.25) is 0 Å². The average Bonchev–Trinajstić information content (AvgIpc) is 3.85. The molecular weight excluding hydrogens is 845 g/mol. The molecule has 330 valence electrons. The van der Waals surface area contributed by atoms with Crippen LogP contribution in [0.15, 0.2) is 255 Å². The van der Waals surface area contributed by atoms with Crippen molar-refractivity contribution in [1.82, 2.24) is 0 Å². The fraction of sp³-hybridized carbons (Fsp3) is 0.0588. The summed E-state index contributed by atoms with van der Waals surface area (Å²) in [6.07, 6.45) is 0. The van der Waals surface area contributed by atoms with E-state index in [9.17, 15) is 0 Å². The number of rotatable bonds is 7. The maximum atomic E-state index is 2.57. The third-order valence-corrected chi connectivity index (χ3v) is 16.1. The number of nitrogens with zero attached hydrogens (tertiary/aromatic N) is 2. The Hall–Kier alpha value is -8.72. The van der Waals surface area contributed by atoms with Gasteiger partial charge < -0.3 is 9.80 Å². The monoisotopic (exact) mass is 892 g/mol. The number of hydrogen-bond donors (Lipinski definition) is 0. The number of anilines is 6. The van der Waals surface area contributed by atoms with Crippen LogP contribution in [0.4, 0.5) is 34.1 Å². The Morgan fingerprint density at radius 1 is 0.257 bits per heavy atom. The predicted octanol–water partition coefficient (Wildman–Crippen LogP) is 18.5. The van der Waals surface area contributed by atoms with Crippen LogP contribution in [-0.4, -0.2) is 0 Å². The lowest BCUT2D eigenvalue weighted by Crippen LogP contribution is -2.44. The van der Waals surface area contributed by atoms with Crippen molar-refractivity contribution >= 4 is 77.2 Å². The minimum atomic E-state index is -0.551. The summed E-state index contributed by atoms with van der Waals surface area (Å²) in [5, 5.41) is 9.84. The number of fused-ring (bicyclic) bond motifs is 12. The first kappa shape index (κ1) is 40.4. The average molecular weight is 893 g/mol. The van der Waals surface area contributed by atoms with Crippen molar-refractivity contribution < 1.29 is 0 Å². The zero-order valence-corrected chi connectivity index (χ0v) is 39.1. The SMILES string of the molecule is CC1(C2(C)c3ccccc3-c3c2cc(N(c2ccccc2)c2ccc4ccccc4c2)c2ccccc32)c2ccccc2-c2c1cc(N(c1ccccc1)c1ccc3ccccc3c1)c1ccccc21. The van der Waals surface area contributed by atoms with Crippen molar-refractivity contribution in [3.8, 4) is 22.3 Å². The Morgan fingerprint density at radius 3 is 1.03 bits per heavy atom. The quantitative estimate of drug-likeness (QED) is 0.157. The maximum absolute atomic E-state index is 2.57. The van der Waals surface area contributed by atoms with Gasteiger partial charge in [-0.3, -0.25) is 0 Å². The molecule has 0 aliphatic heterocycles. The highest BCUT2D eigenvalue weighted by atomic mass is 15.1. The molecule has 12 aromatic carbocycles. The molecular formula is C68H48N2. The van der Waals surface area contributed by atoms with Crippen LogP contribution in [0.25, 0.3) is 65.3 Å². The zero-order valence-electron chi connectivity index (χ0n) is 39.1. The van der Waals surface area contributed by atoms with Gasteiger partial charge in [-0.05, 0) is 137 Å². The first-order chi connectivity index (χ1) is 34.5. The van der Waals surface area contributed by atoms with Gasteiger partial charge in [-0.15, -0.1) is 0 Å². The van der Waals surface area contributed by atoms with Crippen LogP contribution in [0.1, 0.15) is 36.1 Å². The summed E-state index contributed by atoms with van der Waals surface area (Å²) < 4.78 is 0. The minimum Gasteiger partial charge on any atom is -0.310 e. The topological polar surface area (TPSA) is 6.48 Å². The lowest BCUT2D eigenvalue weighted by molar-refractivity contribution is 0.376. The van der Waals surface area contributed by atoms with Gasteiger partial charge in [0, 0.05) is 44.4 Å². The largest absolute Gasteiger partial charge is 0.310 e. The van der Waals surface area contributed by atoms with Crippen molar-refractivity contribution in [2.24, 2.45) is 0 Å². The summed E-state index contributed by atoms with van der Waals surface area (Å²) in [6, 6.07) is 94.9. The molecule has 0 fully saturated rings. The van der Waals surface area contributed by atoms with E-state index in [1.807, 2.05) is 0 Å². The summed E-state index contributed by atoms with van der Waals surface area (Å²) >= 11 is 0. The van der Waals surface area contributed by atoms with Crippen molar-refractivity contribution in [2.45, 2.75) is 24.7 Å². The Balaban J connectivity index is 1.08. The van der Waals surface area contributed by atoms with Crippen molar-refractivity contribution in [3.05, 3.63) is 277 Å². The molecule has 2 aliphatic rings. The summed E-state index contributed by atoms with van der Waals surface area (Å²) in [5.74, 6) is 0. The van der Waals surface area contributed by atoms with E-state index >= 15 is 0 Å². The molecule has 0 saturated carbocycles. The first-order valence-corrected chi connectivity index (χ1v) is 24.5. The standard InChI is InChI=1S/C68H48N2/c1-67(59-35-19-17-33-57(59)65-55-31-15-13-29-53(55)63(43-61(65)67)69(49-25-5-3-6-26-49)51-39-37-45-21-9-11-23-47(45)41-51)68(2)60-36-20-18-34-58(60)66-56-32-16-14-30-54(56)64(44-62(66)68)70(50-27-7-4-8-28-50)52-40-38-46-22-10-12-24-48(46)42-52/h3-44H,1-2H3. The van der Waals surface area contributed by atoms with Gasteiger partial charge in [0.05, 0.1) is 11.4 Å². The molecule has 70 heavy (non-hydrogen) atoms. The second-order valence-corrected chi connectivity index (χ2v) is 19.5. The molecule has 2 unspecified atom stereocenters. The molecule has 0 heterocycles. The second kappa shape index (κ2) is 15.4. The molecule has 0 aromatic heterocycles. The van der Waals surface area contributed by atoms with Crippen LogP contribution in [0.2, 0.25) is 0 Å². The number of para-hydroxylation sites is 2. The van der Waals surface area contributed by atoms with Crippen LogP contribution in [0, 0.1) is 0 Å². The van der Waals surface area contributed by atoms with E-state index in [1.54, 1.807) is 0 Å². The van der Waals surface area contributed by atoms with Gasteiger partial charge in [-0.1, -0.05) is 208 Å². The molecule has 0 saturated heterocycles. The van der Waals surface area contributed by atoms with Crippen LogP contribution in [-0.2, 0) is 10.8 Å². The predicted molar refractivity (Wildman–Crippen MR) is 296 cm³/mol. The van der Waals surface area contributed by atoms with Gasteiger partial charge >= 0.3 is 0 Å². The van der Waals surface area contributed by atoms with Crippen LogP contribution < -0.4 is 9.80 Å². The normalized spacial score (nSPS) is 16.5. The molecule has 0 amide bonds. The minimum absolute atomic E-state index is 0.551. The van der Waals surface area contributed by atoms with E-state index in [2.05, 4.69) is 278 Å². The van der Waals surface area contributed by atoms with E-state index < -0.39 is 10.8 Å². The van der Waals surface area contributed by atoms with Crippen LogP contribution >= 0.6 is 0 Å². The molecule has 2 nitrogen and oxygen atoms in total. The molecule has 0 N–H and O–H groups in total. The Labute approximate surface area is 409 Å². The van der Waals surface area contributed by atoms with Crippen molar-refractivity contribution in [3.63, 3.8) is 0 Å². The summed E-state index contributed by atoms with van der Waals surface area (Å²) in [5.41, 5.74) is 16.3. The molecule has 12 aromatic rings. The van der Waals surface area contributed by atoms with Crippen LogP contribution in [0.5, 0.6) is 0 Å². The molecule has 2 heteroatoms. The van der Waals surface area contributed by atoms with Crippen molar-refractivity contribution in [1.29, 1.82) is 0 Å².